The number of carbonyl (C=O) groups is 4. The Morgan fingerprint density at radius 3 is 2.46 bits per heavy atom. The van der Waals surface area contributed by atoms with Crippen LogP contribution in [0.25, 0.3) is 0 Å². The van der Waals surface area contributed by atoms with Crippen molar-refractivity contribution in [1.82, 2.24) is 0 Å². The summed E-state index contributed by atoms with van der Waals surface area (Å²) in [4.78, 5) is 47.3. The Hall–Kier alpha value is -2.42. The predicted octanol–water partition coefficient (Wildman–Crippen LogP) is 0.210. The number of aliphatic carboxylic acids is 1. The Morgan fingerprint density at radius 1 is 1.23 bits per heavy atom. The number of carbonyl (C=O) groups excluding carboxylic acids is 3. The lowest BCUT2D eigenvalue weighted by Gasteiger charge is -2.28. The lowest BCUT2D eigenvalue weighted by Crippen LogP contribution is -2.48. The summed E-state index contributed by atoms with van der Waals surface area (Å²) in [5.41, 5.74) is -0.951. The first-order valence-electron chi connectivity index (χ1n) is 8.19. The molecule has 0 amide bonds. The first kappa shape index (κ1) is 18.4. The summed E-state index contributed by atoms with van der Waals surface area (Å²) in [6.07, 6.45) is -3.73. The van der Waals surface area contributed by atoms with Gasteiger partial charge >= 0.3 is 23.9 Å². The molecule has 9 nitrogen and oxygen atoms in total. The number of ether oxygens (including phenoxy) is 4. The smallest absolute Gasteiger partial charge is 0.333 e. The van der Waals surface area contributed by atoms with Gasteiger partial charge in [0.2, 0.25) is 0 Å². The molecule has 3 saturated heterocycles. The van der Waals surface area contributed by atoms with Crippen LogP contribution in [0.3, 0.4) is 0 Å². The number of rotatable bonds is 6. The maximum Gasteiger partial charge on any atom is 0.333 e. The van der Waals surface area contributed by atoms with E-state index in [2.05, 4.69) is 6.58 Å². The summed E-state index contributed by atoms with van der Waals surface area (Å²) in [5, 5.41) is 9.37. The largest absolute Gasteiger partial charge is 0.481 e. The topological polar surface area (TPSA) is 125 Å². The van der Waals surface area contributed by atoms with E-state index < -0.39 is 65.7 Å². The summed E-state index contributed by atoms with van der Waals surface area (Å²) in [5.74, 6) is -5.18. The van der Waals surface area contributed by atoms with E-state index in [0.717, 1.165) is 0 Å². The van der Waals surface area contributed by atoms with Gasteiger partial charge in [-0.05, 0) is 20.8 Å². The van der Waals surface area contributed by atoms with Gasteiger partial charge in [-0.1, -0.05) is 6.58 Å². The fraction of sp³-hybridized carbons (Fsp3) is 0.647. The Balaban J connectivity index is 1.67. The van der Waals surface area contributed by atoms with Crippen molar-refractivity contribution in [3.63, 3.8) is 0 Å². The van der Waals surface area contributed by atoms with Gasteiger partial charge in [-0.2, -0.15) is 0 Å². The van der Waals surface area contributed by atoms with Gasteiger partial charge in [0.1, 0.15) is 29.6 Å². The minimum absolute atomic E-state index is 0.196. The number of carboxylic acid groups (broad SMARTS) is 1. The van der Waals surface area contributed by atoms with Crippen molar-refractivity contribution in [2.45, 2.75) is 57.2 Å². The Morgan fingerprint density at radius 2 is 1.88 bits per heavy atom. The highest BCUT2D eigenvalue weighted by Gasteiger charge is 2.71. The summed E-state index contributed by atoms with van der Waals surface area (Å²) in [6, 6.07) is 0. The van der Waals surface area contributed by atoms with Crippen LogP contribution in [0.4, 0.5) is 0 Å². The van der Waals surface area contributed by atoms with Crippen LogP contribution < -0.4 is 0 Å². The third kappa shape index (κ3) is 2.96. The molecule has 0 radical (unpaired) electrons. The van der Waals surface area contributed by atoms with Gasteiger partial charge < -0.3 is 24.1 Å². The molecule has 3 heterocycles. The quantitative estimate of drug-likeness (QED) is 0.398. The fourth-order valence-electron chi connectivity index (χ4n) is 3.67. The maximum atomic E-state index is 12.3. The molecular weight excluding hydrogens is 348 g/mol. The third-order valence-electron chi connectivity index (χ3n) is 4.75. The van der Waals surface area contributed by atoms with Gasteiger partial charge in [0.05, 0.1) is 6.42 Å². The van der Waals surface area contributed by atoms with Crippen molar-refractivity contribution in [1.29, 1.82) is 0 Å². The molecule has 2 bridgehead atoms. The van der Waals surface area contributed by atoms with Gasteiger partial charge in [0, 0.05) is 5.57 Å². The maximum absolute atomic E-state index is 12.3. The molecule has 26 heavy (non-hydrogen) atoms. The molecular formula is C17H20O9. The van der Waals surface area contributed by atoms with E-state index in [1.165, 1.54) is 20.8 Å². The van der Waals surface area contributed by atoms with Gasteiger partial charge in [0.15, 0.2) is 12.2 Å². The van der Waals surface area contributed by atoms with Crippen LogP contribution in [0, 0.1) is 11.8 Å². The highest BCUT2D eigenvalue weighted by molar-refractivity contribution is 5.88. The minimum Gasteiger partial charge on any atom is -0.481 e. The molecule has 3 aliphatic rings. The van der Waals surface area contributed by atoms with Gasteiger partial charge in [-0.25, -0.2) is 4.79 Å². The predicted molar refractivity (Wildman–Crippen MR) is 82.6 cm³/mol. The molecule has 0 aromatic carbocycles. The first-order valence-corrected chi connectivity index (χ1v) is 8.19. The van der Waals surface area contributed by atoms with Crippen LogP contribution in [-0.4, -0.2) is 59.0 Å². The van der Waals surface area contributed by atoms with E-state index in [4.69, 9.17) is 18.9 Å². The van der Waals surface area contributed by atoms with E-state index in [1.54, 1.807) is 0 Å². The van der Waals surface area contributed by atoms with Crippen LogP contribution in [-0.2, 0) is 38.1 Å². The average molecular weight is 368 g/mol. The Kier molecular flexibility index (Phi) is 4.30. The van der Waals surface area contributed by atoms with Gasteiger partial charge in [-0.15, -0.1) is 0 Å². The third-order valence-corrected chi connectivity index (χ3v) is 4.75. The second kappa shape index (κ2) is 6.08. The second-order valence-electron chi connectivity index (χ2n) is 7.42. The number of esters is 3. The lowest BCUT2D eigenvalue weighted by atomic mass is 9.78. The fourth-order valence-corrected chi connectivity index (χ4v) is 3.67. The molecule has 9 heteroatoms. The average Bonchev–Trinajstić information content (AvgIpc) is 3.09. The molecule has 0 saturated carbocycles. The lowest BCUT2D eigenvalue weighted by molar-refractivity contribution is -0.170. The number of hydrogen-bond donors (Lipinski definition) is 1. The standard InChI is InChI=1S/C17H20O9/c1-6(2)15(21)26-17(3,4)5-7(18)23-12-10-8(14(19)20)9-11(24-10)13(12)25-16(9)22/h8-13H,1,5H2,2-4H3,(H,19,20). The summed E-state index contributed by atoms with van der Waals surface area (Å²) < 4.78 is 21.2. The molecule has 3 fully saturated rings. The highest BCUT2D eigenvalue weighted by Crippen LogP contribution is 2.51. The van der Waals surface area contributed by atoms with Crippen molar-refractivity contribution in [3.8, 4) is 0 Å². The van der Waals surface area contributed by atoms with E-state index >= 15 is 0 Å². The number of hydrogen-bond acceptors (Lipinski definition) is 8. The van der Waals surface area contributed by atoms with Crippen LogP contribution >= 0.6 is 0 Å². The molecule has 0 aromatic heterocycles. The number of carboxylic acids is 1. The highest BCUT2D eigenvalue weighted by atomic mass is 16.7. The molecule has 6 atom stereocenters. The molecule has 3 aliphatic heterocycles. The molecule has 0 spiro atoms. The van der Waals surface area contributed by atoms with E-state index in [-0.39, 0.29) is 12.0 Å². The zero-order chi connectivity index (χ0) is 19.4. The van der Waals surface area contributed by atoms with Crippen LogP contribution in [0.5, 0.6) is 0 Å². The first-order chi connectivity index (χ1) is 12.0. The minimum atomic E-state index is -1.20. The summed E-state index contributed by atoms with van der Waals surface area (Å²) >= 11 is 0. The van der Waals surface area contributed by atoms with Crippen molar-refractivity contribution >= 4 is 23.9 Å². The van der Waals surface area contributed by atoms with Crippen molar-refractivity contribution < 1.29 is 43.2 Å². The SMILES string of the molecule is C=C(C)C(=O)OC(C)(C)CC(=O)OC1C2OC(=O)C3C2OC1C3C(=O)O. The van der Waals surface area contributed by atoms with Crippen LogP contribution in [0.2, 0.25) is 0 Å². The Bertz CT molecular complexity index is 694. The normalized spacial score (nSPS) is 34.3. The zero-order valence-corrected chi connectivity index (χ0v) is 14.6. The number of fused-ring (bicyclic) bond motifs is 1. The van der Waals surface area contributed by atoms with E-state index in [9.17, 15) is 24.3 Å². The van der Waals surface area contributed by atoms with Gasteiger partial charge in [-0.3, -0.25) is 14.4 Å². The van der Waals surface area contributed by atoms with Crippen molar-refractivity contribution in [3.05, 3.63) is 12.2 Å². The van der Waals surface area contributed by atoms with Crippen molar-refractivity contribution in [2.75, 3.05) is 0 Å². The van der Waals surface area contributed by atoms with Crippen molar-refractivity contribution in [2.24, 2.45) is 11.8 Å². The summed E-state index contributed by atoms with van der Waals surface area (Å²) in [7, 11) is 0. The second-order valence-corrected chi connectivity index (χ2v) is 7.42. The molecule has 0 aromatic rings. The summed E-state index contributed by atoms with van der Waals surface area (Å²) in [6.45, 7) is 8.04. The molecule has 142 valence electrons. The Labute approximate surface area is 149 Å². The van der Waals surface area contributed by atoms with Gasteiger partial charge in [0.25, 0.3) is 0 Å². The monoisotopic (exact) mass is 368 g/mol. The van der Waals surface area contributed by atoms with E-state index in [0.29, 0.717) is 0 Å². The van der Waals surface area contributed by atoms with Crippen LogP contribution in [0.15, 0.2) is 12.2 Å². The molecule has 1 N–H and O–H groups in total. The van der Waals surface area contributed by atoms with Crippen LogP contribution in [0.1, 0.15) is 27.2 Å². The van der Waals surface area contributed by atoms with E-state index in [1.807, 2.05) is 0 Å². The molecule has 6 unspecified atom stereocenters. The zero-order valence-electron chi connectivity index (χ0n) is 14.6. The molecule has 3 rings (SSSR count). The molecule has 0 aliphatic carbocycles.